The van der Waals surface area contributed by atoms with E-state index < -0.39 is 0 Å². The van der Waals surface area contributed by atoms with E-state index in [1.165, 1.54) is 12.8 Å². The quantitative estimate of drug-likeness (QED) is 0.577. The summed E-state index contributed by atoms with van der Waals surface area (Å²) in [7, 11) is 3.73. The van der Waals surface area contributed by atoms with E-state index in [-0.39, 0.29) is 0 Å². The van der Waals surface area contributed by atoms with Crippen molar-refractivity contribution in [2.75, 3.05) is 40.5 Å². The van der Waals surface area contributed by atoms with Gasteiger partial charge in [0, 0.05) is 40.5 Å². The second-order valence-corrected chi connectivity index (χ2v) is 4.83. The first-order chi connectivity index (χ1) is 8.24. The zero-order chi connectivity index (χ0) is 12.5. The van der Waals surface area contributed by atoms with E-state index in [2.05, 4.69) is 10.2 Å². The summed E-state index contributed by atoms with van der Waals surface area (Å²) in [6.45, 7) is 3.41. The van der Waals surface area contributed by atoms with Crippen molar-refractivity contribution in [3.8, 4) is 0 Å². The minimum atomic E-state index is 0.340. The number of rotatable bonds is 6. The fourth-order valence-electron chi connectivity index (χ4n) is 1.89. The van der Waals surface area contributed by atoms with Gasteiger partial charge in [0.25, 0.3) is 0 Å². The van der Waals surface area contributed by atoms with Crippen LogP contribution < -0.4 is 5.32 Å². The van der Waals surface area contributed by atoms with Crippen LogP contribution in [0.1, 0.15) is 25.7 Å². The van der Waals surface area contributed by atoms with Gasteiger partial charge in [-0.15, -0.1) is 0 Å². The third-order valence-electron chi connectivity index (χ3n) is 2.90. The monoisotopic (exact) mass is 260 g/mol. The molecule has 4 nitrogen and oxygen atoms in total. The molecule has 5 heteroatoms. The average molecular weight is 260 g/mol. The van der Waals surface area contributed by atoms with Crippen molar-refractivity contribution in [3.63, 3.8) is 0 Å². The zero-order valence-electron chi connectivity index (χ0n) is 10.9. The molecule has 0 saturated carbocycles. The fraction of sp³-hybridized carbons (Fsp3) is 0.917. The van der Waals surface area contributed by atoms with Gasteiger partial charge in [-0.2, -0.15) is 0 Å². The van der Waals surface area contributed by atoms with E-state index in [1.807, 2.05) is 7.05 Å². The molecule has 17 heavy (non-hydrogen) atoms. The van der Waals surface area contributed by atoms with E-state index in [1.54, 1.807) is 7.11 Å². The molecule has 0 aromatic heterocycles. The molecule has 0 bridgehead atoms. The highest BCUT2D eigenvalue weighted by Gasteiger charge is 2.16. The summed E-state index contributed by atoms with van der Waals surface area (Å²) in [5, 5.41) is 4.03. The van der Waals surface area contributed by atoms with E-state index in [0.29, 0.717) is 6.10 Å². The summed E-state index contributed by atoms with van der Waals surface area (Å²) in [5.41, 5.74) is 0. The van der Waals surface area contributed by atoms with Gasteiger partial charge in [-0.25, -0.2) is 0 Å². The molecule has 0 radical (unpaired) electrons. The smallest absolute Gasteiger partial charge is 0.168 e. The first kappa shape index (κ1) is 14.7. The lowest BCUT2D eigenvalue weighted by molar-refractivity contribution is 0.00707. The minimum absolute atomic E-state index is 0.340. The van der Waals surface area contributed by atoms with Crippen molar-refractivity contribution >= 4 is 17.3 Å². The lowest BCUT2D eigenvalue weighted by atomic mass is 10.1. The molecule has 100 valence electrons. The van der Waals surface area contributed by atoms with Gasteiger partial charge < -0.3 is 19.7 Å². The highest BCUT2D eigenvalue weighted by atomic mass is 32.1. The summed E-state index contributed by atoms with van der Waals surface area (Å²) in [6.07, 6.45) is 4.93. The Morgan fingerprint density at radius 2 is 2.35 bits per heavy atom. The van der Waals surface area contributed by atoms with Crippen LogP contribution in [0.3, 0.4) is 0 Å². The first-order valence-electron chi connectivity index (χ1n) is 6.33. The lowest BCUT2D eigenvalue weighted by Gasteiger charge is -2.29. The summed E-state index contributed by atoms with van der Waals surface area (Å²) in [6, 6.07) is 0. The molecule has 0 aromatic rings. The van der Waals surface area contributed by atoms with Gasteiger partial charge >= 0.3 is 0 Å². The Kier molecular flexibility index (Phi) is 7.48. The third-order valence-corrected chi connectivity index (χ3v) is 3.36. The maximum atomic E-state index is 5.69. The number of nitrogens with zero attached hydrogens (tertiary/aromatic N) is 1. The van der Waals surface area contributed by atoms with Gasteiger partial charge in [0.15, 0.2) is 5.11 Å². The molecule has 1 N–H and O–H groups in total. The molecular formula is C12H24N2O2S. The van der Waals surface area contributed by atoms with E-state index in [0.717, 1.165) is 44.3 Å². The molecule has 1 fully saturated rings. The summed E-state index contributed by atoms with van der Waals surface area (Å²) >= 11 is 5.31. The minimum Gasteiger partial charge on any atom is -0.385 e. The second-order valence-electron chi connectivity index (χ2n) is 4.45. The molecule has 0 aromatic carbocycles. The van der Waals surface area contributed by atoms with Gasteiger partial charge in [0.1, 0.15) is 0 Å². The van der Waals surface area contributed by atoms with Crippen molar-refractivity contribution in [2.45, 2.75) is 31.8 Å². The van der Waals surface area contributed by atoms with E-state index in [4.69, 9.17) is 21.7 Å². The van der Waals surface area contributed by atoms with Crippen molar-refractivity contribution < 1.29 is 9.47 Å². The van der Waals surface area contributed by atoms with Gasteiger partial charge in [-0.05, 0) is 37.9 Å². The highest BCUT2D eigenvalue weighted by Crippen LogP contribution is 2.13. The Labute approximate surface area is 110 Å². The van der Waals surface area contributed by atoms with Crippen LogP contribution in [0, 0.1) is 0 Å². The molecule has 1 unspecified atom stereocenters. The van der Waals surface area contributed by atoms with Gasteiger partial charge in [-0.3, -0.25) is 0 Å². The van der Waals surface area contributed by atoms with Gasteiger partial charge in [0.05, 0.1) is 6.10 Å². The van der Waals surface area contributed by atoms with Gasteiger partial charge in [-0.1, -0.05) is 0 Å². The van der Waals surface area contributed by atoms with Crippen molar-refractivity contribution in [1.29, 1.82) is 0 Å². The molecule has 1 aliphatic heterocycles. The second kappa shape index (κ2) is 8.66. The molecule has 1 saturated heterocycles. The maximum Gasteiger partial charge on any atom is 0.168 e. The molecule has 1 atom stereocenters. The topological polar surface area (TPSA) is 33.7 Å². The molecule has 1 rings (SSSR count). The van der Waals surface area contributed by atoms with Crippen LogP contribution in [0.25, 0.3) is 0 Å². The van der Waals surface area contributed by atoms with Crippen LogP contribution in [0.2, 0.25) is 0 Å². The Morgan fingerprint density at radius 1 is 1.53 bits per heavy atom. The number of thiocarbonyl (C=S) groups is 1. The zero-order valence-corrected chi connectivity index (χ0v) is 11.7. The van der Waals surface area contributed by atoms with Crippen LogP contribution in [-0.4, -0.2) is 56.6 Å². The number of methoxy groups -OCH3 is 1. The maximum absolute atomic E-state index is 5.69. The van der Waals surface area contributed by atoms with E-state index >= 15 is 0 Å². The van der Waals surface area contributed by atoms with Crippen LogP contribution >= 0.6 is 12.2 Å². The number of nitrogens with one attached hydrogen (secondary N) is 1. The fourth-order valence-corrected chi connectivity index (χ4v) is 2.06. The molecule has 1 heterocycles. The summed E-state index contributed by atoms with van der Waals surface area (Å²) in [4.78, 5) is 2.07. The summed E-state index contributed by atoms with van der Waals surface area (Å²) < 4.78 is 10.7. The molecule has 1 aliphatic rings. The average Bonchev–Trinajstić information content (AvgIpc) is 2.35. The SMILES string of the molecule is COCCCNC(=S)N(C)CC1CCCCO1. The van der Waals surface area contributed by atoms with Crippen LogP contribution in [-0.2, 0) is 9.47 Å². The summed E-state index contributed by atoms with van der Waals surface area (Å²) in [5.74, 6) is 0. The lowest BCUT2D eigenvalue weighted by Crippen LogP contribution is -2.42. The molecule has 0 spiro atoms. The van der Waals surface area contributed by atoms with Crippen LogP contribution in [0.4, 0.5) is 0 Å². The van der Waals surface area contributed by atoms with Crippen LogP contribution in [0.15, 0.2) is 0 Å². The first-order valence-corrected chi connectivity index (χ1v) is 6.74. The molecule has 0 amide bonds. The predicted octanol–water partition coefficient (Wildman–Crippen LogP) is 1.40. The Hall–Kier alpha value is -0.390. The number of hydrogen-bond donors (Lipinski definition) is 1. The number of likely N-dealkylation sites (N-methyl/N-ethyl adjacent to an activating group) is 1. The molecule has 0 aliphatic carbocycles. The highest BCUT2D eigenvalue weighted by molar-refractivity contribution is 7.80. The standard InChI is InChI=1S/C12H24N2O2S/c1-14(10-11-6-3-4-9-16-11)12(17)13-7-5-8-15-2/h11H,3-10H2,1-2H3,(H,13,17). The third kappa shape index (κ3) is 6.19. The normalized spacial score (nSPS) is 20.0. The number of ether oxygens (including phenoxy) is 2. The Morgan fingerprint density at radius 3 is 3.00 bits per heavy atom. The van der Waals surface area contributed by atoms with Crippen LogP contribution in [0.5, 0.6) is 0 Å². The Balaban J connectivity index is 2.12. The molecular weight excluding hydrogens is 236 g/mol. The van der Waals surface area contributed by atoms with Gasteiger partial charge in [0.2, 0.25) is 0 Å². The van der Waals surface area contributed by atoms with Crippen molar-refractivity contribution in [2.24, 2.45) is 0 Å². The van der Waals surface area contributed by atoms with E-state index in [9.17, 15) is 0 Å². The number of hydrogen-bond acceptors (Lipinski definition) is 3. The largest absolute Gasteiger partial charge is 0.385 e. The van der Waals surface area contributed by atoms with Crippen molar-refractivity contribution in [1.82, 2.24) is 10.2 Å². The Bertz CT molecular complexity index is 221. The predicted molar refractivity (Wildman–Crippen MR) is 73.3 cm³/mol. The van der Waals surface area contributed by atoms with Crippen molar-refractivity contribution in [3.05, 3.63) is 0 Å².